The van der Waals surface area contributed by atoms with Crippen LogP contribution in [0, 0.1) is 0 Å². The maximum Gasteiger partial charge on any atom is 0.307 e. The summed E-state index contributed by atoms with van der Waals surface area (Å²) in [5, 5.41) is 22.9. The van der Waals surface area contributed by atoms with Gasteiger partial charge in [-0.2, -0.15) is 0 Å². The topological polar surface area (TPSA) is 94.8 Å². The Bertz CT molecular complexity index is 1000. The van der Waals surface area contributed by atoms with Crippen LogP contribution in [0.15, 0.2) is 105 Å². The molecule has 5 nitrogen and oxygen atoms in total. The van der Waals surface area contributed by atoms with E-state index >= 15 is 0 Å². The highest BCUT2D eigenvalue weighted by Gasteiger charge is 1.98. The second-order valence-electron chi connectivity index (χ2n) is 6.72. The van der Waals surface area contributed by atoms with E-state index in [0.717, 1.165) is 36.3 Å². The highest BCUT2D eigenvalue weighted by molar-refractivity contribution is 5.70. The van der Waals surface area contributed by atoms with Crippen LogP contribution in [0.3, 0.4) is 0 Å². The van der Waals surface area contributed by atoms with E-state index in [1.165, 1.54) is 5.56 Å². The zero-order valence-electron chi connectivity index (χ0n) is 21.0. The number of carboxylic acids is 2. The number of carbonyl (C=O) groups is 2. The van der Waals surface area contributed by atoms with E-state index in [-0.39, 0.29) is 6.42 Å². The van der Waals surface area contributed by atoms with E-state index in [2.05, 4.69) is 26.3 Å². The molecule has 3 N–H and O–H groups in total. The summed E-state index contributed by atoms with van der Waals surface area (Å²) < 4.78 is 0. The van der Waals surface area contributed by atoms with Gasteiger partial charge in [0.05, 0.1) is 6.42 Å². The molecule has 0 spiro atoms. The first-order chi connectivity index (χ1) is 17.2. The van der Waals surface area contributed by atoms with E-state index in [1.807, 2.05) is 85.0 Å². The number of benzene rings is 3. The number of rotatable bonds is 6. The molecule has 0 unspecified atom stereocenters. The predicted molar refractivity (Wildman–Crippen MR) is 152 cm³/mol. The number of carboxylic acid groups (broad SMARTS) is 2. The van der Waals surface area contributed by atoms with Gasteiger partial charge in [-0.15, -0.1) is 0 Å². The minimum atomic E-state index is -0.833. The largest absolute Gasteiger partial charge is 0.481 e. The summed E-state index contributed by atoms with van der Waals surface area (Å²) in [5.74, 6) is -1.64. The molecule has 0 atom stereocenters. The van der Waals surface area contributed by atoms with Gasteiger partial charge in [-0.3, -0.25) is 9.59 Å². The van der Waals surface area contributed by atoms with Crippen LogP contribution in [-0.2, 0) is 16.0 Å². The number of aliphatic carboxylic acids is 2. The third-order valence-electron chi connectivity index (χ3n) is 4.01. The van der Waals surface area contributed by atoms with Crippen molar-refractivity contribution < 1.29 is 24.9 Å². The van der Waals surface area contributed by atoms with Crippen molar-refractivity contribution in [2.45, 2.75) is 13.3 Å². The minimum Gasteiger partial charge on any atom is -0.481 e. The monoisotopic (exact) mass is 488 g/mol. The zero-order valence-corrected chi connectivity index (χ0v) is 21.0. The minimum absolute atomic E-state index is 0.0808. The molecule has 0 fully saturated rings. The molecule has 0 radical (unpaired) electrons. The Kier molecular flexibility index (Phi) is 20.9. The van der Waals surface area contributed by atoms with E-state index in [4.69, 9.17) is 20.1 Å². The van der Waals surface area contributed by atoms with Gasteiger partial charge in [0.2, 0.25) is 0 Å². The molecule has 0 aromatic heterocycles. The summed E-state index contributed by atoms with van der Waals surface area (Å²) in [6.07, 6.45) is 7.29. The van der Waals surface area contributed by atoms with Gasteiger partial charge in [0.1, 0.15) is 0 Å². The van der Waals surface area contributed by atoms with Crippen LogP contribution in [0.5, 0.6) is 0 Å². The summed E-state index contributed by atoms with van der Waals surface area (Å²) in [7, 11) is 1.00. The maximum atomic E-state index is 10.3. The van der Waals surface area contributed by atoms with Crippen molar-refractivity contribution >= 4 is 36.2 Å². The molecule has 0 aliphatic carbocycles. The normalized spacial score (nSPS) is 8.31. The SMILES string of the molecule is C=Cc1ccc(C=C)cc1.C=Cc1ccc(CC(=O)O)cc1.C=Cc1ccccc1.CC(=O)O.CO. The molecule has 0 aliphatic rings. The number of hydrogen-bond acceptors (Lipinski definition) is 3. The summed E-state index contributed by atoms with van der Waals surface area (Å²) in [6.45, 7) is 15.6. The fourth-order valence-corrected chi connectivity index (χ4v) is 2.30. The van der Waals surface area contributed by atoms with Gasteiger partial charge in [0.15, 0.2) is 0 Å². The molecule has 190 valence electrons. The number of hydrogen-bond donors (Lipinski definition) is 3. The molecular formula is C31H36O5. The van der Waals surface area contributed by atoms with E-state index < -0.39 is 11.9 Å². The van der Waals surface area contributed by atoms with Crippen LogP contribution in [0.2, 0.25) is 0 Å². The van der Waals surface area contributed by atoms with Crippen molar-refractivity contribution in [1.82, 2.24) is 0 Å². The second-order valence-corrected chi connectivity index (χ2v) is 6.72. The van der Waals surface area contributed by atoms with Crippen LogP contribution in [-0.4, -0.2) is 34.4 Å². The summed E-state index contributed by atoms with van der Waals surface area (Å²) in [5.41, 5.74) is 5.28. The average molecular weight is 489 g/mol. The molecule has 0 saturated carbocycles. The van der Waals surface area contributed by atoms with E-state index in [1.54, 1.807) is 18.2 Å². The molecule has 0 aliphatic heterocycles. The van der Waals surface area contributed by atoms with Crippen LogP contribution in [0.4, 0.5) is 0 Å². The van der Waals surface area contributed by atoms with Crippen molar-refractivity contribution in [3.63, 3.8) is 0 Å². The average Bonchev–Trinajstić information content (AvgIpc) is 2.91. The van der Waals surface area contributed by atoms with Gasteiger partial charge in [0.25, 0.3) is 5.97 Å². The summed E-state index contributed by atoms with van der Waals surface area (Å²) in [6, 6.07) is 25.4. The van der Waals surface area contributed by atoms with E-state index in [9.17, 15) is 4.79 Å². The lowest BCUT2D eigenvalue weighted by Crippen LogP contribution is -1.99. The van der Waals surface area contributed by atoms with Crippen molar-refractivity contribution in [3.05, 3.63) is 133 Å². The van der Waals surface area contributed by atoms with Crippen LogP contribution >= 0.6 is 0 Å². The van der Waals surface area contributed by atoms with Gasteiger partial charge in [0, 0.05) is 14.0 Å². The quantitative estimate of drug-likeness (QED) is 0.349. The first-order valence-electron chi connectivity index (χ1n) is 10.9. The lowest BCUT2D eigenvalue weighted by molar-refractivity contribution is -0.136. The van der Waals surface area contributed by atoms with E-state index in [0.29, 0.717) is 0 Å². The number of aliphatic hydroxyl groups is 1. The third kappa shape index (κ3) is 19.0. The molecule has 0 amide bonds. The second kappa shape index (κ2) is 22.3. The lowest BCUT2D eigenvalue weighted by atomic mass is 10.1. The maximum absolute atomic E-state index is 10.3. The van der Waals surface area contributed by atoms with Crippen molar-refractivity contribution in [3.8, 4) is 0 Å². The van der Waals surface area contributed by atoms with Gasteiger partial charge in [-0.1, -0.05) is 129 Å². The van der Waals surface area contributed by atoms with Gasteiger partial charge in [-0.25, -0.2) is 0 Å². The fraction of sp³-hybridized carbons (Fsp3) is 0.0968. The Hall–Kier alpha value is -4.48. The highest BCUT2D eigenvalue weighted by atomic mass is 16.4. The smallest absolute Gasteiger partial charge is 0.307 e. The van der Waals surface area contributed by atoms with Gasteiger partial charge >= 0.3 is 5.97 Å². The molecule has 0 heterocycles. The van der Waals surface area contributed by atoms with Gasteiger partial charge < -0.3 is 15.3 Å². The molecule has 3 aromatic rings. The Morgan fingerprint density at radius 1 is 0.611 bits per heavy atom. The molecular weight excluding hydrogens is 452 g/mol. The van der Waals surface area contributed by atoms with Crippen LogP contribution < -0.4 is 0 Å². The fourth-order valence-electron chi connectivity index (χ4n) is 2.30. The summed E-state index contributed by atoms with van der Waals surface area (Å²) >= 11 is 0. The molecule has 0 bridgehead atoms. The highest BCUT2D eigenvalue weighted by Crippen LogP contribution is 2.06. The molecule has 5 heteroatoms. The van der Waals surface area contributed by atoms with Crippen molar-refractivity contribution in [1.29, 1.82) is 0 Å². The molecule has 3 aromatic carbocycles. The predicted octanol–water partition coefficient (Wildman–Crippen LogP) is 6.96. The molecule has 0 saturated heterocycles. The molecule has 36 heavy (non-hydrogen) atoms. The third-order valence-corrected chi connectivity index (χ3v) is 4.01. The Morgan fingerprint density at radius 3 is 1.14 bits per heavy atom. The number of aliphatic hydroxyl groups excluding tert-OH is 1. The Labute approximate surface area is 214 Å². The van der Waals surface area contributed by atoms with Crippen LogP contribution in [0.1, 0.15) is 34.7 Å². The Morgan fingerprint density at radius 2 is 0.889 bits per heavy atom. The van der Waals surface area contributed by atoms with Gasteiger partial charge in [-0.05, 0) is 27.8 Å². The van der Waals surface area contributed by atoms with Crippen LogP contribution in [0.25, 0.3) is 24.3 Å². The standard InChI is InChI=1S/C10H10O2.C10H10.C8H8.C2H4O2.CH4O/c1-2-8-3-5-9(6-4-8)7-10(11)12;1-3-9-5-7-10(4-2)8-6-9;1-2-8-6-4-3-5-7-8;1-2(3)4;1-2/h2-6H,1,7H2,(H,11,12);3-8H,1-2H2;2-7H,1H2;1H3,(H,3,4);2H,1H3. The van der Waals surface area contributed by atoms with Crippen molar-refractivity contribution in [2.75, 3.05) is 7.11 Å². The zero-order chi connectivity index (χ0) is 27.8. The lowest BCUT2D eigenvalue weighted by Gasteiger charge is -1.96. The van der Waals surface area contributed by atoms with Crippen molar-refractivity contribution in [2.24, 2.45) is 0 Å². The first kappa shape index (κ1) is 33.7. The molecule has 3 rings (SSSR count). The first-order valence-corrected chi connectivity index (χ1v) is 10.9. The Balaban J connectivity index is 0. The summed E-state index contributed by atoms with van der Waals surface area (Å²) in [4.78, 5) is 19.3.